The van der Waals surface area contributed by atoms with Gasteiger partial charge in [0.15, 0.2) is 0 Å². The Balaban J connectivity index is 1.58. The van der Waals surface area contributed by atoms with Crippen molar-refractivity contribution in [3.63, 3.8) is 0 Å². The normalized spacial score (nSPS) is 13.6. The highest BCUT2D eigenvalue weighted by Gasteiger charge is 2.21. The third-order valence-corrected chi connectivity index (χ3v) is 4.71. The maximum Gasteiger partial charge on any atom is 0.251 e. The minimum absolute atomic E-state index is 0.144. The molecule has 2 heterocycles. The molecule has 0 spiro atoms. The van der Waals surface area contributed by atoms with Gasteiger partial charge in [0.25, 0.3) is 5.91 Å². The van der Waals surface area contributed by atoms with E-state index in [4.69, 9.17) is 0 Å². The molecule has 1 aromatic heterocycles. The van der Waals surface area contributed by atoms with Gasteiger partial charge in [-0.05, 0) is 35.6 Å². The Morgan fingerprint density at radius 3 is 2.70 bits per heavy atom. The van der Waals surface area contributed by atoms with Crippen molar-refractivity contribution in [1.29, 1.82) is 0 Å². The van der Waals surface area contributed by atoms with Gasteiger partial charge in [-0.2, -0.15) is 0 Å². The first-order valence-corrected chi connectivity index (χ1v) is 7.98. The molecule has 0 radical (unpaired) electrons. The lowest BCUT2D eigenvalue weighted by Crippen LogP contribution is -2.42. The Hall–Kier alpha value is -2.28. The lowest BCUT2D eigenvalue weighted by atomic mass is 10.1. The van der Waals surface area contributed by atoms with Crippen LogP contribution in [0, 0.1) is 11.6 Å². The van der Waals surface area contributed by atoms with Crippen molar-refractivity contribution in [2.45, 2.75) is 13.0 Å². The van der Waals surface area contributed by atoms with Crippen molar-refractivity contribution in [1.82, 2.24) is 10.2 Å². The van der Waals surface area contributed by atoms with Crippen molar-refractivity contribution in [3.05, 3.63) is 57.3 Å². The molecule has 0 unspecified atom stereocenters. The molecule has 0 aliphatic carbocycles. The molecule has 0 saturated carbocycles. The van der Waals surface area contributed by atoms with E-state index >= 15 is 0 Å². The predicted octanol–water partition coefficient (Wildman–Crippen LogP) is 2.34. The summed E-state index contributed by atoms with van der Waals surface area (Å²) in [6.45, 7) is 0.940. The van der Waals surface area contributed by atoms with Crippen LogP contribution in [0.25, 0.3) is 0 Å². The summed E-state index contributed by atoms with van der Waals surface area (Å²) in [4.78, 5) is 27.0. The number of fused-ring (bicyclic) bond motifs is 1. The summed E-state index contributed by atoms with van der Waals surface area (Å²) in [5, 5.41) is 4.41. The number of nitrogens with one attached hydrogen (secondary N) is 1. The zero-order valence-electron chi connectivity index (χ0n) is 12.1. The maximum absolute atomic E-state index is 13.1. The topological polar surface area (TPSA) is 49.4 Å². The molecule has 1 aliphatic heterocycles. The smallest absolute Gasteiger partial charge is 0.251 e. The van der Waals surface area contributed by atoms with Crippen molar-refractivity contribution in [2.75, 3.05) is 13.1 Å². The van der Waals surface area contributed by atoms with E-state index in [-0.39, 0.29) is 18.0 Å². The van der Waals surface area contributed by atoms with Crippen LogP contribution >= 0.6 is 11.3 Å². The Bertz CT molecular complexity index is 740. The highest BCUT2D eigenvalue weighted by molar-refractivity contribution is 7.10. The highest BCUT2D eigenvalue weighted by Crippen LogP contribution is 2.23. The van der Waals surface area contributed by atoms with E-state index in [1.165, 1.54) is 4.88 Å². The Morgan fingerprint density at radius 1 is 1.22 bits per heavy atom. The van der Waals surface area contributed by atoms with Crippen molar-refractivity contribution in [2.24, 2.45) is 0 Å². The first-order valence-electron chi connectivity index (χ1n) is 7.10. The van der Waals surface area contributed by atoms with E-state index in [0.717, 1.165) is 24.1 Å². The second-order valence-electron chi connectivity index (χ2n) is 5.28. The average molecular weight is 336 g/mol. The monoisotopic (exact) mass is 336 g/mol. The van der Waals surface area contributed by atoms with Crippen LogP contribution < -0.4 is 5.32 Å². The number of rotatable bonds is 3. The molecule has 0 fully saturated rings. The zero-order chi connectivity index (χ0) is 16.4. The van der Waals surface area contributed by atoms with Crippen molar-refractivity contribution >= 4 is 23.2 Å². The summed E-state index contributed by atoms with van der Waals surface area (Å²) in [5.74, 6) is -2.55. The SMILES string of the molecule is O=C(NCC(=O)N1CCc2sccc2C1)c1cc(F)cc(F)c1. The van der Waals surface area contributed by atoms with Gasteiger partial charge in [-0.25, -0.2) is 8.78 Å². The fourth-order valence-electron chi connectivity index (χ4n) is 2.52. The van der Waals surface area contributed by atoms with Crippen LogP contribution in [-0.2, 0) is 17.8 Å². The van der Waals surface area contributed by atoms with Crippen molar-refractivity contribution in [3.8, 4) is 0 Å². The Morgan fingerprint density at radius 2 is 1.96 bits per heavy atom. The van der Waals surface area contributed by atoms with Gasteiger partial charge in [0, 0.05) is 29.6 Å². The molecule has 23 heavy (non-hydrogen) atoms. The van der Waals surface area contributed by atoms with E-state index < -0.39 is 17.5 Å². The molecule has 0 saturated heterocycles. The molecular formula is C16H14F2N2O2S. The number of hydrogen-bond donors (Lipinski definition) is 1. The minimum Gasteiger partial charge on any atom is -0.343 e. The van der Waals surface area contributed by atoms with Crippen LogP contribution in [0.15, 0.2) is 29.6 Å². The van der Waals surface area contributed by atoms with E-state index in [2.05, 4.69) is 5.32 Å². The summed E-state index contributed by atoms with van der Waals surface area (Å²) in [7, 11) is 0. The molecule has 1 N–H and O–H groups in total. The van der Waals surface area contributed by atoms with Crippen LogP contribution in [-0.4, -0.2) is 29.8 Å². The minimum atomic E-state index is -0.831. The largest absolute Gasteiger partial charge is 0.343 e. The Labute approximate surface area is 135 Å². The second-order valence-corrected chi connectivity index (χ2v) is 6.28. The number of carbonyl (C=O) groups excluding carboxylic acids is 2. The predicted molar refractivity (Wildman–Crippen MR) is 82.1 cm³/mol. The van der Waals surface area contributed by atoms with Gasteiger partial charge in [0.1, 0.15) is 11.6 Å². The standard InChI is InChI=1S/C16H14F2N2O2S/c17-12-5-11(6-13(18)7-12)16(22)19-8-15(21)20-3-1-14-10(9-20)2-4-23-14/h2,4-7H,1,3,8-9H2,(H,19,22). The summed E-state index contributed by atoms with van der Waals surface area (Å²) < 4.78 is 26.2. The first kappa shape index (κ1) is 15.6. The molecule has 0 bridgehead atoms. The molecule has 0 atom stereocenters. The number of thiophene rings is 1. The van der Waals surface area contributed by atoms with E-state index in [1.807, 2.05) is 11.4 Å². The summed E-state index contributed by atoms with van der Waals surface area (Å²) in [6, 6.07) is 4.55. The molecule has 3 rings (SSSR count). The van der Waals surface area contributed by atoms with Gasteiger partial charge in [-0.3, -0.25) is 9.59 Å². The van der Waals surface area contributed by atoms with Gasteiger partial charge in [-0.15, -0.1) is 11.3 Å². The van der Waals surface area contributed by atoms with Gasteiger partial charge < -0.3 is 10.2 Å². The van der Waals surface area contributed by atoms with Crippen LogP contribution in [0.1, 0.15) is 20.8 Å². The fraction of sp³-hybridized carbons (Fsp3) is 0.250. The lowest BCUT2D eigenvalue weighted by Gasteiger charge is -2.27. The molecule has 1 aliphatic rings. The fourth-order valence-corrected chi connectivity index (χ4v) is 3.41. The molecule has 2 aromatic rings. The maximum atomic E-state index is 13.1. The van der Waals surface area contributed by atoms with Gasteiger partial charge in [0.2, 0.25) is 5.91 Å². The van der Waals surface area contributed by atoms with Crippen molar-refractivity contribution < 1.29 is 18.4 Å². The average Bonchev–Trinajstić information content (AvgIpc) is 2.98. The zero-order valence-corrected chi connectivity index (χ0v) is 13.0. The van der Waals surface area contributed by atoms with E-state index in [0.29, 0.717) is 19.2 Å². The third-order valence-electron chi connectivity index (χ3n) is 3.69. The molecular weight excluding hydrogens is 322 g/mol. The number of hydrogen-bond acceptors (Lipinski definition) is 3. The quantitative estimate of drug-likeness (QED) is 0.935. The van der Waals surface area contributed by atoms with Gasteiger partial charge >= 0.3 is 0 Å². The number of nitrogens with zero attached hydrogens (tertiary/aromatic N) is 1. The Kier molecular flexibility index (Phi) is 4.38. The number of benzene rings is 1. The van der Waals surface area contributed by atoms with Crippen LogP contribution in [0.3, 0.4) is 0 Å². The molecule has 1 aromatic carbocycles. The van der Waals surface area contributed by atoms with E-state index in [9.17, 15) is 18.4 Å². The summed E-state index contributed by atoms with van der Waals surface area (Å²) in [5.41, 5.74) is 0.988. The number of carbonyl (C=O) groups is 2. The van der Waals surface area contributed by atoms with Crippen LogP contribution in [0.2, 0.25) is 0 Å². The molecule has 7 heteroatoms. The number of halogens is 2. The highest BCUT2D eigenvalue weighted by atomic mass is 32.1. The molecule has 120 valence electrons. The van der Waals surface area contributed by atoms with Gasteiger partial charge in [0.05, 0.1) is 6.54 Å². The van der Waals surface area contributed by atoms with E-state index in [1.54, 1.807) is 16.2 Å². The second kappa shape index (κ2) is 6.45. The summed E-state index contributed by atoms with van der Waals surface area (Å²) in [6.07, 6.45) is 0.807. The lowest BCUT2D eigenvalue weighted by molar-refractivity contribution is -0.131. The third kappa shape index (κ3) is 3.56. The molecule has 4 nitrogen and oxygen atoms in total. The summed E-state index contributed by atoms with van der Waals surface area (Å²) >= 11 is 1.68. The molecule has 2 amide bonds. The van der Waals surface area contributed by atoms with Gasteiger partial charge in [-0.1, -0.05) is 0 Å². The van der Waals surface area contributed by atoms with Crippen LogP contribution in [0.4, 0.5) is 8.78 Å². The van der Waals surface area contributed by atoms with Crippen LogP contribution in [0.5, 0.6) is 0 Å². The number of amides is 2. The first-order chi connectivity index (χ1) is 11.0.